The van der Waals surface area contributed by atoms with Crippen LogP contribution in [0.15, 0.2) is 6.07 Å². The lowest BCUT2D eigenvalue weighted by Gasteiger charge is -2.28. The molecule has 0 atom stereocenters. The molecule has 210 valence electrons. The molecule has 0 radical (unpaired) electrons. The van der Waals surface area contributed by atoms with Crippen molar-refractivity contribution < 1.29 is 48.3 Å². The van der Waals surface area contributed by atoms with E-state index in [0.717, 1.165) is 25.7 Å². The maximum Gasteiger partial charge on any atom is 0.205 e. The van der Waals surface area contributed by atoms with E-state index in [4.69, 9.17) is 11.6 Å². The summed E-state index contributed by atoms with van der Waals surface area (Å²) in [5.41, 5.74) is -2.09. The van der Waals surface area contributed by atoms with Crippen molar-refractivity contribution in [2.75, 3.05) is 63.0 Å². The van der Waals surface area contributed by atoms with Crippen LogP contribution in [0.5, 0.6) is 11.5 Å². The maximum atomic E-state index is 14.3. The second kappa shape index (κ2) is 10.2. The Morgan fingerprint density at radius 1 is 0.744 bits per heavy atom. The number of phenolic OH excluding ortho intramolecular Hbond substituents is 2. The molecule has 0 bridgehead atoms. The minimum atomic E-state index is -1.85. The average molecular weight is 569 g/mol. The topological polar surface area (TPSA) is 139 Å². The molecule has 2 aliphatic heterocycles. The average Bonchev–Trinajstić information content (AvgIpc) is 3.53. The predicted octanol–water partition coefficient (Wildman–Crippen LogP) is 3.63. The molecule has 3 aliphatic rings. The highest BCUT2D eigenvalue weighted by Crippen LogP contribution is 2.46. The van der Waals surface area contributed by atoms with Crippen LogP contribution >= 0.6 is 11.6 Å². The molecule has 0 aromatic heterocycles. The number of hydroxylamine groups is 6. The zero-order valence-electron chi connectivity index (χ0n) is 21.2. The number of rotatable bonds is 8. The van der Waals surface area contributed by atoms with Gasteiger partial charge >= 0.3 is 0 Å². The lowest BCUT2D eigenvalue weighted by atomic mass is 9.81. The SMILES string of the molecule is O=C1c2c(NCC[N+]3(O)CCCC3)cc(Cl)c(NCC[N+]3(O)CCCC3)c2C(=O)c2c(O)c(F)c(F)c(O)c21. The zero-order valence-corrected chi connectivity index (χ0v) is 22.0. The van der Waals surface area contributed by atoms with E-state index in [0.29, 0.717) is 32.7 Å². The van der Waals surface area contributed by atoms with E-state index in [2.05, 4.69) is 10.6 Å². The molecule has 2 aromatic rings. The highest BCUT2D eigenvalue weighted by molar-refractivity contribution is 6.39. The summed E-state index contributed by atoms with van der Waals surface area (Å²) in [7, 11) is 0. The Hall–Kier alpha value is -3.03. The van der Waals surface area contributed by atoms with Gasteiger partial charge in [-0.2, -0.15) is 18.1 Å². The molecule has 2 saturated heterocycles. The molecule has 0 unspecified atom stereocenters. The fraction of sp³-hybridized carbons (Fsp3) is 0.462. The number of carbonyl (C=O) groups excluding carboxylic acids is 2. The number of phenols is 2. The van der Waals surface area contributed by atoms with Gasteiger partial charge < -0.3 is 20.8 Å². The summed E-state index contributed by atoms with van der Waals surface area (Å²) in [6.45, 7) is 3.25. The van der Waals surface area contributed by atoms with Crippen LogP contribution in [0.2, 0.25) is 5.02 Å². The second-order valence-corrected chi connectivity index (χ2v) is 11.0. The molecular formula is C26H31ClF2N4O6+2. The number of hydrogen-bond acceptors (Lipinski definition) is 8. The van der Waals surface area contributed by atoms with Crippen molar-refractivity contribution in [3.63, 3.8) is 0 Å². The number of anilines is 2. The summed E-state index contributed by atoms with van der Waals surface area (Å²) >= 11 is 6.56. The smallest absolute Gasteiger partial charge is 0.205 e. The molecule has 13 heteroatoms. The number of quaternary nitrogens is 2. The number of likely N-dealkylation sites (tertiary alicyclic amines) is 2. The van der Waals surface area contributed by atoms with Gasteiger partial charge in [0.15, 0.2) is 11.5 Å². The first-order chi connectivity index (χ1) is 18.5. The van der Waals surface area contributed by atoms with Crippen molar-refractivity contribution in [2.45, 2.75) is 25.7 Å². The van der Waals surface area contributed by atoms with Gasteiger partial charge in [0, 0.05) is 31.4 Å². The summed E-state index contributed by atoms with van der Waals surface area (Å²) < 4.78 is 28.3. The number of hydrogen-bond donors (Lipinski definition) is 6. The summed E-state index contributed by atoms with van der Waals surface area (Å²) in [6, 6.07) is 1.40. The largest absolute Gasteiger partial charge is 0.504 e. The zero-order chi connectivity index (χ0) is 28.1. The predicted molar refractivity (Wildman–Crippen MR) is 137 cm³/mol. The number of nitrogens with zero attached hydrogens (tertiary/aromatic N) is 2. The summed E-state index contributed by atoms with van der Waals surface area (Å²) in [4.78, 5) is 27.4. The molecule has 5 rings (SSSR count). The van der Waals surface area contributed by atoms with Crippen LogP contribution in [0.4, 0.5) is 20.2 Å². The van der Waals surface area contributed by atoms with Crippen LogP contribution in [0, 0.1) is 11.6 Å². The quantitative estimate of drug-likeness (QED) is 0.179. The third kappa shape index (κ3) is 4.80. The van der Waals surface area contributed by atoms with E-state index in [9.17, 15) is 39.0 Å². The number of fused-ring (bicyclic) bond motifs is 2. The molecular weight excluding hydrogens is 538 g/mol. The van der Waals surface area contributed by atoms with E-state index in [1.165, 1.54) is 6.07 Å². The fourth-order valence-corrected chi connectivity index (χ4v) is 6.14. The number of ketones is 2. The third-order valence-electron chi connectivity index (χ3n) is 7.99. The van der Waals surface area contributed by atoms with Crippen LogP contribution in [-0.4, -0.2) is 93.8 Å². The first-order valence-corrected chi connectivity index (χ1v) is 13.4. The molecule has 0 saturated carbocycles. The second-order valence-electron chi connectivity index (χ2n) is 10.6. The molecule has 6 N–H and O–H groups in total. The van der Waals surface area contributed by atoms with E-state index in [1.807, 2.05) is 0 Å². The van der Waals surface area contributed by atoms with E-state index >= 15 is 0 Å². The Morgan fingerprint density at radius 2 is 1.18 bits per heavy atom. The molecule has 0 spiro atoms. The van der Waals surface area contributed by atoms with E-state index in [-0.39, 0.29) is 56.5 Å². The van der Waals surface area contributed by atoms with Crippen molar-refractivity contribution in [3.8, 4) is 11.5 Å². The van der Waals surface area contributed by atoms with Crippen LogP contribution in [0.3, 0.4) is 0 Å². The van der Waals surface area contributed by atoms with Crippen molar-refractivity contribution in [1.29, 1.82) is 0 Å². The normalized spacial score (nSPS) is 19.2. The van der Waals surface area contributed by atoms with Crippen LogP contribution in [-0.2, 0) is 0 Å². The lowest BCUT2D eigenvalue weighted by molar-refractivity contribution is -1.09. The van der Waals surface area contributed by atoms with Crippen molar-refractivity contribution >= 4 is 34.5 Å². The summed E-state index contributed by atoms with van der Waals surface area (Å²) in [5, 5.41) is 48.0. The molecule has 2 aromatic carbocycles. The first kappa shape index (κ1) is 27.5. The van der Waals surface area contributed by atoms with Gasteiger partial charge in [0.25, 0.3) is 0 Å². The first-order valence-electron chi connectivity index (χ1n) is 13.0. The Kier molecular flexibility index (Phi) is 7.18. The molecule has 10 nitrogen and oxygen atoms in total. The highest BCUT2D eigenvalue weighted by atomic mass is 35.5. The number of benzene rings is 2. The van der Waals surface area contributed by atoms with Crippen LogP contribution in [0.25, 0.3) is 0 Å². The molecule has 39 heavy (non-hydrogen) atoms. The van der Waals surface area contributed by atoms with Gasteiger partial charge in [-0.25, -0.2) is 10.4 Å². The number of carbonyl (C=O) groups is 2. The Labute approximate surface area is 228 Å². The van der Waals surface area contributed by atoms with Crippen molar-refractivity contribution in [1.82, 2.24) is 0 Å². The monoisotopic (exact) mass is 568 g/mol. The Bertz CT molecular complexity index is 1360. The Morgan fingerprint density at radius 3 is 1.67 bits per heavy atom. The van der Waals surface area contributed by atoms with Gasteiger partial charge in [0.1, 0.15) is 39.3 Å². The van der Waals surface area contributed by atoms with Crippen LogP contribution < -0.4 is 10.6 Å². The van der Waals surface area contributed by atoms with Gasteiger partial charge in [0.2, 0.25) is 23.2 Å². The maximum absolute atomic E-state index is 14.3. The highest BCUT2D eigenvalue weighted by Gasteiger charge is 2.42. The van der Waals surface area contributed by atoms with Gasteiger partial charge in [-0.15, -0.1) is 0 Å². The van der Waals surface area contributed by atoms with Gasteiger partial charge in [0.05, 0.1) is 46.1 Å². The number of nitrogens with one attached hydrogen (secondary N) is 2. The molecule has 0 amide bonds. The van der Waals surface area contributed by atoms with E-state index < -0.39 is 45.8 Å². The summed E-state index contributed by atoms with van der Waals surface area (Å²) in [6.07, 6.45) is 3.49. The minimum absolute atomic E-state index is 0.0286. The standard InChI is InChI=1S/C26H29ClF2N4O6/c27-14-13-15(30-5-11-32(38)7-1-2-8-32)16-17(22(14)31-6-12-33(39)9-3-4-10-33)24(35)19-18(23(16)34)25(36)20(28)21(29)26(19)37/h13,38-39H,1-12H2,(H2-2,30,31,34,35,36,37)/p+2. The molecule has 2 heterocycles. The Balaban J connectivity index is 1.56. The lowest BCUT2D eigenvalue weighted by Crippen LogP contribution is -2.45. The minimum Gasteiger partial charge on any atom is -0.504 e. The van der Waals surface area contributed by atoms with Gasteiger partial charge in [-0.1, -0.05) is 11.6 Å². The molecule has 1 aliphatic carbocycles. The van der Waals surface area contributed by atoms with Crippen molar-refractivity contribution in [2.24, 2.45) is 0 Å². The number of halogens is 3. The molecule has 2 fully saturated rings. The van der Waals surface area contributed by atoms with Crippen LogP contribution in [0.1, 0.15) is 57.5 Å². The number of aromatic hydroxyl groups is 2. The van der Waals surface area contributed by atoms with Gasteiger partial charge in [-0.05, 0) is 6.07 Å². The fourth-order valence-electron chi connectivity index (χ4n) is 5.86. The van der Waals surface area contributed by atoms with E-state index in [1.54, 1.807) is 0 Å². The third-order valence-corrected chi connectivity index (χ3v) is 8.29. The van der Waals surface area contributed by atoms with Gasteiger partial charge in [-0.3, -0.25) is 9.59 Å². The van der Waals surface area contributed by atoms with Crippen molar-refractivity contribution in [3.05, 3.63) is 45.0 Å². The summed E-state index contributed by atoms with van der Waals surface area (Å²) in [5.74, 6) is -8.50.